The van der Waals surface area contributed by atoms with Gasteiger partial charge in [0.25, 0.3) is 0 Å². The lowest BCUT2D eigenvalue weighted by Gasteiger charge is -2.28. The van der Waals surface area contributed by atoms with Crippen molar-refractivity contribution in [2.45, 2.75) is 25.4 Å². The van der Waals surface area contributed by atoms with E-state index in [1.54, 1.807) is 0 Å². The number of benzene rings is 1. The van der Waals surface area contributed by atoms with Crippen molar-refractivity contribution in [3.8, 4) is 11.5 Å². The van der Waals surface area contributed by atoms with Crippen LogP contribution in [0.1, 0.15) is 30.0 Å². The van der Waals surface area contributed by atoms with Crippen LogP contribution in [0.4, 0.5) is 0 Å². The molecule has 0 aliphatic carbocycles. The van der Waals surface area contributed by atoms with E-state index >= 15 is 0 Å². The fourth-order valence-corrected chi connectivity index (χ4v) is 3.57. The summed E-state index contributed by atoms with van der Waals surface area (Å²) >= 11 is 5.88. The molecule has 2 aromatic rings. The van der Waals surface area contributed by atoms with Gasteiger partial charge in [-0.05, 0) is 37.1 Å². The van der Waals surface area contributed by atoms with Crippen LogP contribution in [0.25, 0.3) is 0 Å². The first-order chi connectivity index (χ1) is 11.3. The van der Waals surface area contributed by atoms with Crippen LogP contribution >= 0.6 is 11.6 Å². The zero-order valence-corrected chi connectivity index (χ0v) is 13.6. The van der Waals surface area contributed by atoms with Crippen molar-refractivity contribution in [3.63, 3.8) is 0 Å². The summed E-state index contributed by atoms with van der Waals surface area (Å²) in [6, 6.07) is 10.5. The van der Waals surface area contributed by atoms with Crippen molar-refractivity contribution in [1.29, 1.82) is 0 Å². The van der Waals surface area contributed by atoms with E-state index in [4.69, 9.17) is 21.1 Å². The van der Waals surface area contributed by atoms with Crippen molar-refractivity contribution < 1.29 is 9.47 Å². The summed E-state index contributed by atoms with van der Waals surface area (Å²) in [4.78, 5) is 6.67. The molecule has 0 bridgehead atoms. The van der Waals surface area contributed by atoms with Crippen LogP contribution in [0, 0.1) is 0 Å². The quantitative estimate of drug-likeness (QED) is 0.801. The van der Waals surface area contributed by atoms with E-state index in [9.17, 15) is 0 Å². The number of nitrogens with zero attached hydrogens (tertiary/aromatic N) is 2. The van der Waals surface area contributed by atoms with Crippen LogP contribution in [0.3, 0.4) is 0 Å². The first-order valence-electron chi connectivity index (χ1n) is 8.04. The molecule has 23 heavy (non-hydrogen) atoms. The van der Waals surface area contributed by atoms with E-state index in [0.29, 0.717) is 24.4 Å². The molecule has 1 atom stereocenters. The number of aromatic nitrogens is 1. The number of rotatable bonds is 3. The summed E-state index contributed by atoms with van der Waals surface area (Å²) in [6.07, 6.45) is 4.19. The Kier molecular flexibility index (Phi) is 4.10. The maximum atomic E-state index is 5.90. The number of halogens is 1. The van der Waals surface area contributed by atoms with Crippen molar-refractivity contribution in [2.75, 3.05) is 19.8 Å². The Morgan fingerprint density at radius 3 is 2.96 bits per heavy atom. The van der Waals surface area contributed by atoms with Crippen LogP contribution in [0.5, 0.6) is 11.5 Å². The number of para-hydroxylation sites is 1. The molecule has 4 nitrogen and oxygen atoms in total. The number of fused-ring (bicyclic) bond motifs is 1. The first-order valence-corrected chi connectivity index (χ1v) is 8.42. The predicted molar refractivity (Wildman–Crippen MR) is 89.1 cm³/mol. The van der Waals surface area contributed by atoms with Crippen molar-refractivity contribution in [3.05, 3.63) is 52.8 Å². The van der Waals surface area contributed by atoms with E-state index in [2.05, 4.69) is 22.0 Å². The average Bonchev–Trinajstić information content (AvgIpc) is 3.04. The molecular weight excluding hydrogens is 312 g/mol. The Balaban J connectivity index is 1.59. The van der Waals surface area contributed by atoms with Gasteiger partial charge >= 0.3 is 0 Å². The Morgan fingerprint density at radius 1 is 1.17 bits per heavy atom. The second kappa shape index (κ2) is 6.38. The highest BCUT2D eigenvalue weighted by Crippen LogP contribution is 2.43. The van der Waals surface area contributed by atoms with Gasteiger partial charge in [0.15, 0.2) is 11.5 Å². The van der Waals surface area contributed by atoms with Gasteiger partial charge in [0.2, 0.25) is 0 Å². The molecule has 0 spiro atoms. The summed E-state index contributed by atoms with van der Waals surface area (Å²) < 4.78 is 11.6. The molecule has 2 aliphatic rings. The summed E-state index contributed by atoms with van der Waals surface area (Å²) in [5.41, 5.74) is 2.42. The third kappa shape index (κ3) is 3.01. The van der Waals surface area contributed by atoms with Crippen LogP contribution in [0.15, 0.2) is 36.5 Å². The summed E-state index contributed by atoms with van der Waals surface area (Å²) in [7, 11) is 0. The highest BCUT2D eigenvalue weighted by atomic mass is 35.5. The standard InChI is InChI=1S/C18H19ClN2O2/c19-17-7-6-13(11-20-17)12-21-8-2-4-15(21)14-3-1-5-16-18(14)23-10-9-22-16/h1,3,5-7,11,15H,2,4,8-10,12H2. The van der Waals surface area contributed by atoms with Gasteiger partial charge in [-0.25, -0.2) is 4.98 Å². The van der Waals surface area contributed by atoms with Crippen molar-refractivity contribution in [1.82, 2.24) is 9.88 Å². The Morgan fingerprint density at radius 2 is 2.09 bits per heavy atom. The van der Waals surface area contributed by atoms with E-state index in [-0.39, 0.29) is 0 Å². The Hall–Kier alpha value is -1.78. The molecule has 120 valence electrons. The van der Waals surface area contributed by atoms with Gasteiger partial charge in [-0.3, -0.25) is 4.90 Å². The van der Waals surface area contributed by atoms with Crippen LogP contribution in [0.2, 0.25) is 5.15 Å². The number of hydrogen-bond acceptors (Lipinski definition) is 4. The molecular formula is C18H19ClN2O2. The van der Waals surface area contributed by atoms with E-state index in [1.165, 1.54) is 17.5 Å². The zero-order valence-electron chi connectivity index (χ0n) is 12.9. The van der Waals surface area contributed by atoms with E-state index in [1.807, 2.05) is 24.4 Å². The molecule has 1 aromatic carbocycles. The molecule has 0 radical (unpaired) electrons. The van der Waals surface area contributed by atoms with E-state index < -0.39 is 0 Å². The monoisotopic (exact) mass is 330 g/mol. The summed E-state index contributed by atoms with van der Waals surface area (Å²) in [5.74, 6) is 1.79. The van der Waals surface area contributed by atoms with Gasteiger partial charge in [-0.1, -0.05) is 29.8 Å². The number of ether oxygens (including phenoxy) is 2. The highest BCUT2D eigenvalue weighted by Gasteiger charge is 2.30. The molecule has 1 saturated heterocycles. The second-order valence-corrected chi connectivity index (χ2v) is 6.38. The van der Waals surface area contributed by atoms with Crippen molar-refractivity contribution in [2.24, 2.45) is 0 Å². The summed E-state index contributed by atoms with van der Waals surface area (Å²) in [5, 5.41) is 0.536. The van der Waals surface area contributed by atoms with Crippen LogP contribution < -0.4 is 9.47 Å². The predicted octanol–water partition coefficient (Wildman–Crippen LogP) is 3.84. The zero-order chi connectivity index (χ0) is 15.6. The highest BCUT2D eigenvalue weighted by molar-refractivity contribution is 6.29. The lowest BCUT2D eigenvalue weighted by Crippen LogP contribution is -2.24. The van der Waals surface area contributed by atoms with Gasteiger partial charge in [0.1, 0.15) is 18.4 Å². The number of likely N-dealkylation sites (tertiary alicyclic amines) is 1. The molecule has 0 amide bonds. The minimum atomic E-state index is 0.363. The van der Waals surface area contributed by atoms with Crippen LogP contribution in [-0.2, 0) is 6.54 Å². The molecule has 1 fully saturated rings. The fraction of sp³-hybridized carbons (Fsp3) is 0.389. The second-order valence-electron chi connectivity index (χ2n) is 5.99. The molecule has 5 heteroatoms. The lowest BCUT2D eigenvalue weighted by molar-refractivity contribution is 0.163. The normalized spacial score (nSPS) is 20.7. The topological polar surface area (TPSA) is 34.6 Å². The minimum Gasteiger partial charge on any atom is -0.486 e. The third-order valence-electron chi connectivity index (χ3n) is 4.49. The number of hydrogen-bond donors (Lipinski definition) is 0. The molecule has 2 aliphatic heterocycles. The largest absolute Gasteiger partial charge is 0.486 e. The third-order valence-corrected chi connectivity index (χ3v) is 4.72. The molecule has 1 unspecified atom stereocenters. The molecule has 0 saturated carbocycles. The average molecular weight is 331 g/mol. The van der Waals surface area contributed by atoms with Gasteiger partial charge < -0.3 is 9.47 Å². The van der Waals surface area contributed by atoms with Gasteiger partial charge in [0, 0.05) is 24.3 Å². The molecule has 1 aromatic heterocycles. The molecule has 0 N–H and O–H groups in total. The number of pyridine rings is 1. The smallest absolute Gasteiger partial charge is 0.166 e. The van der Waals surface area contributed by atoms with Crippen LogP contribution in [-0.4, -0.2) is 29.6 Å². The SMILES string of the molecule is Clc1ccc(CN2CCCC2c2cccc3c2OCCO3)cn1. The summed E-state index contributed by atoms with van der Waals surface area (Å²) in [6.45, 7) is 3.20. The maximum absolute atomic E-state index is 5.90. The fourth-order valence-electron chi connectivity index (χ4n) is 3.46. The first kappa shape index (κ1) is 14.8. The Labute approximate surface area is 141 Å². The maximum Gasteiger partial charge on any atom is 0.166 e. The molecule has 4 rings (SSSR count). The lowest BCUT2D eigenvalue weighted by atomic mass is 10.0. The Bertz CT molecular complexity index is 690. The van der Waals surface area contributed by atoms with Crippen molar-refractivity contribution >= 4 is 11.6 Å². The van der Waals surface area contributed by atoms with E-state index in [0.717, 1.165) is 31.0 Å². The molecule has 3 heterocycles. The van der Waals surface area contributed by atoms with Gasteiger partial charge in [-0.15, -0.1) is 0 Å². The van der Waals surface area contributed by atoms with Gasteiger partial charge in [0.05, 0.1) is 0 Å². The minimum absolute atomic E-state index is 0.363. The van der Waals surface area contributed by atoms with Gasteiger partial charge in [-0.2, -0.15) is 0 Å².